The SMILES string of the molecule is CC(OC(N)=O)(C1(N=C=O)CCCCC1)C1(N=C=O)CCCCC1. The van der Waals surface area contributed by atoms with Gasteiger partial charge in [0.1, 0.15) is 11.1 Å². The van der Waals surface area contributed by atoms with Crippen LogP contribution >= 0.6 is 0 Å². The first-order valence-corrected chi connectivity index (χ1v) is 8.62. The molecule has 2 rings (SSSR count). The van der Waals surface area contributed by atoms with Crippen LogP contribution in [0.5, 0.6) is 0 Å². The van der Waals surface area contributed by atoms with Crippen LogP contribution in [0, 0.1) is 0 Å². The number of hydrogen-bond donors (Lipinski definition) is 1. The lowest BCUT2D eigenvalue weighted by Gasteiger charge is -2.55. The van der Waals surface area contributed by atoms with Crippen molar-refractivity contribution in [3.05, 3.63) is 0 Å². The molecule has 0 aromatic carbocycles. The van der Waals surface area contributed by atoms with Crippen molar-refractivity contribution in [3.8, 4) is 0 Å². The van der Waals surface area contributed by atoms with E-state index in [1.54, 1.807) is 19.1 Å². The third-order valence-electron chi connectivity index (χ3n) is 5.96. The van der Waals surface area contributed by atoms with Gasteiger partial charge in [-0.05, 0) is 32.6 Å². The van der Waals surface area contributed by atoms with Crippen LogP contribution in [0.25, 0.3) is 0 Å². The van der Waals surface area contributed by atoms with E-state index in [0.717, 1.165) is 38.5 Å². The van der Waals surface area contributed by atoms with Crippen molar-refractivity contribution in [1.29, 1.82) is 0 Å². The molecule has 0 unspecified atom stereocenters. The Morgan fingerprint density at radius 3 is 1.58 bits per heavy atom. The molecule has 0 bridgehead atoms. The zero-order valence-corrected chi connectivity index (χ0v) is 14.2. The molecule has 7 heteroatoms. The van der Waals surface area contributed by atoms with E-state index < -0.39 is 22.8 Å². The van der Waals surface area contributed by atoms with Crippen LogP contribution in [0.15, 0.2) is 9.98 Å². The van der Waals surface area contributed by atoms with Crippen LogP contribution in [0.3, 0.4) is 0 Å². The molecule has 132 valence electrons. The van der Waals surface area contributed by atoms with Crippen molar-refractivity contribution in [1.82, 2.24) is 0 Å². The average Bonchev–Trinajstić information content (AvgIpc) is 2.56. The molecule has 2 fully saturated rings. The maximum absolute atomic E-state index is 11.7. The summed E-state index contributed by atoms with van der Waals surface area (Å²) in [6.45, 7) is 1.72. The maximum atomic E-state index is 11.7. The number of isocyanates is 2. The lowest BCUT2D eigenvalue weighted by molar-refractivity contribution is -0.106. The Labute approximate surface area is 141 Å². The van der Waals surface area contributed by atoms with Gasteiger partial charge >= 0.3 is 6.09 Å². The number of nitrogens with two attached hydrogens (primary N) is 1. The second-order valence-corrected chi connectivity index (χ2v) is 7.05. The molecule has 2 N–H and O–H groups in total. The van der Waals surface area contributed by atoms with Gasteiger partial charge < -0.3 is 10.5 Å². The highest BCUT2D eigenvalue weighted by molar-refractivity contribution is 5.66. The topological polar surface area (TPSA) is 111 Å². The number of rotatable bonds is 5. The molecule has 24 heavy (non-hydrogen) atoms. The monoisotopic (exact) mass is 335 g/mol. The highest BCUT2D eigenvalue weighted by atomic mass is 16.6. The first kappa shape index (κ1) is 18.4. The third kappa shape index (κ3) is 3.02. The Balaban J connectivity index is 2.64. The van der Waals surface area contributed by atoms with Crippen LogP contribution in [0.1, 0.15) is 71.1 Å². The van der Waals surface area contributed by atoms with Gasteiger partial charge in [0, 0.05) is 0 Å². The molecule has 0 aromatic heterocycles. The first-order valence-electron chi connectivity index (χ1n) is 8.62. The number of amides is 1. The van der Waals surface area contributed by atoms with Crippen LogP contribution < -0.4 is 5.73 Å². The molecule has 0 spiro atoms. The smallest absolute Gasteiger partial charge is 0.405 e. The van der Waals surface area contributed by atoms with Crippen molar-refractivity contribution in [3.63, 3.8) is 0 Å². The average molecular weight is 335 g/mol. The summed E-state index contributed by atoms with van der Waals surface area (Å²) in [6.07, 6.45) is 10.1. The molecule has 0 saturated heterocycles. The van der Waals surface area contributed by atoms with Crippen LogP contribution in [-0.4, -0.2) is 34.9 Å². The minimum Gasteiger partial charge on any atom is -0.438 e. The number of carbonyl (C=O) groups is 1. The number of ether oxygens (including phenoxy) is 1. The van der Waals surface area contributed by atoms with Gasteiger partial charge in [-0.1, -0.05) is 38.5 Å². The molecule has 1 amide bonds. The van der Waals surface area contributed by atoms with Crippen molar-refractivity contribution in [2.24, 2.45) is 15.7 Å². The van der Waals surface area contributed by atoms with Crippen LogP contribution in [-0.2, 0) is 14.3 Å². The van der Waals surface area contributed by atoms with Gasteiger partial charge in [0.05, 0.1) is 0 Å². The van der Waals surface area contributed by atoms with Gasteiger partial charge in [0.15, 0.2) is 5.60 Å². The van der Waals surface area contributed by atoms with Crippen molar-refractivity contribution in [2.45, 2.75) is 87.8 Å². The summed E-state index contributed by atoms with van der Waals surface area (Å²) in [5.41, 5.74) is 2.17. The lowest BCUT2D eigenvalue weighted by Crippen LogP contribution is -2.67. The molecule has 0 aromatic rings. The minimum atomic E-state index is -1.28. The summed E-state index contributed by atoms with van der Waals surface area (Å²) < 4.78 is 5.62. The quantitative estimate of drug-likeness (QED) is 0.615. The zero-order valence-electron chi connectivity index (χ0n) is 14.2. The van der Waals surface area contributed by atoms with Gasteiger partial charge in [-0.25, -0.2) is 14.4 Å². The Kier molecular flexibility index (Phi) is 5.58. The lowest BCUT2D eigenvalue weighted by atomic mass is 9.58. The van der Waals surface area contributed by atoms with E-state index in [1.165, 1.54) is 0 Å². The number of carbonyl (C=O) groups excluding carboxylic acids is 3. The normalized spacial score (nSPS) is 24.5. The maximum Gasteiger partial charge on any atom is 0.405 e. The summed E-state index contributed by atoms with van der Waals surface area (Å²) in [6, 6.07) is 0. The van der Waals surface area contributed by atoms with E-state index in [0.29, 0.717) is 25.7 Å². The van der Waals surface area contributed by atoms with Gasteiger partial charge in [-0.3, -0.25) is 0 Å². The van der Waals surface area contributed by atoms with E-state index >= 15 is 0 Å². The predicted octanol–water partition coefficient (Wildman–Crippen LogP) is 2.92. The fraction of sp³-hybridized carbons (Fsp3) is 0.824. The molecular formula is C17H25N3O4. The van der Waals surface area contributed by atoms with Crippen molar-refractivity contribution in [2.75, 3.05) is 0 Å². The highest BCUT2D eigenvalue weighted by Crippen LogP contribution is 2.53. The second-order valence-electron chi connectivity index (χ2n) is 7.05. The Morgan fingerprint density at radius 1 is 0.917 bits per heavy atom. The Morgan fingerprint density at radius 2 is 1.29 bits per heavy atom. The molecule has 2 saturated carbocycles. The Bertz CT molecular complexity index is 524. The summed E-state index contributed by atoms with van der Waals surface area (Å²) in [7, 11) is 0. The third-order valence-corrected chi connectivity index (χ3v) is 5.96. The zero-order chi connectivity index (χ0) is 17.7. The van der Waals surface area contributed by atoms with Gasteiger partial charge in [-0.15, -0.1) is 0 Å². The highest BCUT2D eigenvalue weighted by Gasteiger charge is 2.64. The van der Waals surface area contributed by atoms with E-state index in [1.807, 2.05) is 0 Å². The predicted molar refractivity (Wildman–Crippen MR) is 86.9 cm³/mol. The van der Waals surface area contributed by atoms with Crippen molar-refractivity contribution < 1.29 is 19.1 Å². The number of aliphatic imine (C=N–C) groups is 2. The van der Waals surface area contributed by atoms with Crippen LogP contribution in [0.4, 0.5) is 4.79 Å². The molecule has 0 heterocycles. The summed E-state index contributed by atoms with van der Waals surface area (Å²) in [4.78, 5) is 42.3. The first-order chi connectivity index (χ1) is 11.5. The summed E-state index contributed by atoms with van der Waals surface area (Å²) in [5, 5.41) is 0. The second kappa shape index (κ2) is 7.29. The van der Waals surface area contributed by atoms with E-state index in [4.69, 9.17) is 10.5 Å². The van der Waals surface area contributed by atoms with Gasteiger partial charge in [0.2, 0.25) is 12.2 Å². The van der Waals surface area contributed by atoms with Gasteiger partial charge in [0.25, 0.3) is 0 Å². The molecular weight excluding hydrogens is 310 g/mol. The van der Waals surface area contributed by atoms with E-state index in [2.05, 4.69) is 9.98 Å². The van der Waals surface area contributed by atoms with E-state index in [-0.39, 0.29) is 0 Å². The standard InChI is InChI=1S/C17H25N3O4/c1-15(24-14(18)23,16(19-12-21)8-4-2-5-9-16)17(20-13-22)10-6-3-7-11-17/h2-11H2,1H3,(H2,18,23). The van der Waals surface area contributed by atoms with E-state index in [9.17, 15) is 14.4 Å². The summed E-state index contributed by atoms with van der Waals surface area (Å²) in [5.74, 6) is 0. The largest absolute Gasteiger partial charge is 0.438 e. The molecule has 2 aliphatic carbocycles. The minimum absolute atomic E-state index is 0.572. The molecule has 0 radical (unpaired) electrons. The fourth-order valence-corrected chi connectivity index (χ4v) is 4.66. The number of primary amides is 1. The Hall–Kier alpha value is -1.97. The van der Waals surface area contributed by atoms with Crippen LogP contribution in [0.2, 0.25) is 0 Å². The molecule has 0 aliphatic heterocycles. The number of hydrogen-bond acceptors (Lipinski definition) is 6. The van der Waals surface area contributed by atoms with Gasteiger partial charge in [-0.2, -0.15) is 9.98 Å². The molecule has 7 nitrogen and oxygen atoms in total. The van der Waals surface area contributed by atoms with Crippen molar-refractivity contribution >= 4 is 18.3 Å². The summed E-state index contributed by atoms with van der Waals surface area (Å²) >= 11 is 0. The fourth-order valence-electron chi connectivity index (χ4n) is 4.66. The number of nitrogens with zero attached hydrogens (tertiary/aromatic N) is 2. The molecule has 2 aliphatic rings. The molecule has 0 atom stereocenters.